The number of carbonyl (C=O) groups excluding carboxylic acids is 3. The van der Waals surface area contributed by atoms with Gasteiger partial charge < -0.3 is 11.1 Å². The standard InChI is InChI=1S/C21H17N5O3S/c22-20(28)19(27)16(10-13-12-30-18-6-2-1-5-15(13)18)25-21(29)17-7-9-24-26(17)14-4-3-8-23-11-14/h1-9,11-12,16H,10H2,(H2,22,28)(H,25,29). The first-order valence-corrected chi connectivity index (χ1v) is 9.96. The molecular weight excluding hydrogens is 402 g/mol. The van der Waals surface area contributed by atoms with Gasteiger partial charge in [-0.05, 0) is 40.6 Å². The maximum atomic E-state index is 12.9. The summed E-state index contributed by atoms with van der Waals surface area (Å²) in [5.41, 5.74) is 6.89. The van der Waals surface area contributed by atoms with Gasteiger partial charge in [0.05, 0.1) is 18.1 Å². The number of Topliss-reactive ketones (excluding diaryl/α,β-unsaturated/α-hetero) is 1. The van der Waals surface area contributed by atoms with E-state index in [4.69, 9.17) is 5.73 Å². The summed E-state index contributed by atoms with van der Waals surface area (Å²) in [7, 11) is 0. The Bertz CT molecular complexity index is 1230. The normalized spacial score (nSPS) is 11.9. The summed E-state index contributed by atoms with van der Waals surface area (Å²) < 4.78 is 2.47. The third-order valence-electron chi connectivity index (χ3n) is 4.62. The van der Waals surface area contributed by atoms with Gasteiger partial charge in [-0.2, -0.15) is 5.10 Å². The van der Waals surface area contributed by atoms with E-state index in [0.29, 0.717) is 5.69 Å². The van der Waals surface area contributed by atoms with Gasteiger partial charge in [0.1, 0.15) is 11.7 Å². The number of ketones is 1. The van der Waals surface area contributed by atoms with Crippen LogP contribution in [0.4, 0.5) is 0 Å². The lowest BCUT2D eigenvalue weighted by atomic mass is 10.0. The Morgan fingerprint density at radius 2 is 1.93 bits per heavy atom. The number of nitrogens with two attached hydrogens (primary N) is 1. The fraction of sp³-hybridized carbons (Fsp3) is 0.0952. The van der Waals surface area contributed by atoms with Crippen molar-refractivity contribution >= 4 is 39.0 Å². The number of benzene rings is 1. The number of aromatic nitrogens is 3. The van der Waals surface area contributed by atoms with Crippen LogP contribution in [-0.2, 0) is 16.0 Å². The number of nitrogens with one attached hydrogen (secondary N) is 1. The van der Waals surface area contributed by atoms with E-state index in [1.165, 1.54) is 28.3 Å². The number of primary amides is 1. The van der Waals surface area contributed by atoms with Gasteiger partial charge in [0.25, 0.3) is 11.8 Å². The number of fused-ring (bicyclic) bond motifs is 1. The van der Waals surface area contributed by atoms with Crippen molar-refractivity contribution in [2.24, 2.45) is 5.73 Å². The number of thiophene rings is 1. The minimum absolute atomic E-state index is 0.151. The summed E-state index contributed by atoms with van der Waals surface area (Å²) >= 11 is 1.53. The molecule has 0 radical (unpaired) electrons. The number of carbonyl (C=O) groups is 3. The number of amides is 2. The highest BCUT2D eigenvalue weighted by Gasteiger charge is 2.28. The van der Waals surface area contributed by atoms with Crippen molar-refractivity contribution in [3.05, 3.63) is 77.7 Å². The van der Waals surface area contributed by atoms with Crippen LogP contribution in [-0.4, -0.2) is 38.4 Å². The molecule has 0 aliphatic heterocycles. The Labute approximate surface area is 175 Å². The predicted molar refractivity (Wildman–Crippen MR) is 112 cm³/mol. The van der Waals surface area contributed by atoms with Crippen molar-refractivity contribution in [2.45, 2.75) is 12.5 Å². The highest BCUT2D eigenvalue weighted by atomic mass is 32.1. The Balaban J connectivity index is 1.62. The van der Waals surface area contributed by atoms with Crippen LogP contribution >= 0.6 is 11.3 Å². The van der Waals surface area contributed by atoms with Crippen LogP contribution < -0.4 is 11.1 Å². The van der Waals surface area contributed by atoms with Gasteiger partial charge >= 0.3 is 0 Å². The van der Waals surface area contributed by atoms with E-state index in [2.05, 4.69) is 15.4 Å². The third-order valence-corrected chi connectivity index (χ3v) is 5.63. The molecule has 8 nitrogen and oxygen atoms in total. The second-order valence-corrected chi connectivity index (χ2v) is 7.47. The number of hydrogen-bond donors (Lipinski definition) is 2. The number of pyridine rings is 1. The molecule has 1 aromatic carbocycles. The summed E-state index contributed by atoms with van der Waals surface area (Å²) in [6.45, 7) is 0. The predicted octanol–water partition coefficient (Wildman–Crippen LogP) is 1.88. The van der Waals surface area contributed by atoms with Crippen molar-refractivity contribution in [1.82, 2.24) is 20.1 Å². The van der Waals surface area contributed by atoms with E-state index in [-0.39, 0.29) is 12.1 Å². The lowest BCUT2D eigenvalue weighted by Gasteiger charge is -2.16. The summed E-state index contributed by atoms with van der Waals surface area (Å²) in [6, 6.07) is 11.6. The molecule has 0 fully saturated rings. The smallest absolute Gasteiger partial charge is 0.287 e. The summed E-state index contributed by atoms with van der Waals surface area (Å²) in [4.78, 5) is 41.0. The molecule has 0 saturated heterocycles. The lowest BCUT2D eigenvalue weighted by molar-refractivity contribution is -0.137. The molecule has 3 aromatic heterocycles. The fourth-order valence-corrected chi connectivity index (χ4v) is 4.16. The summed E-state index contributed by atoms with van der Waals surface area (Å²) in [5, 5.41) is 9.69. The first-order chi connectivity index (χ1) is 14.5. The Morgan fingerprint density at radius 1 is 1.10 bits per heavy atom. The zero-order valence-electron chi connectivity index (χ0n) is 15.7. The molecule has 3 N–H and O–H groups in total. The Kier molecular flexibility index (Phi) is 5.36. The molecule has 150 valence electrons. The van der Waals surface area contributed by atoms with Crippen molar-refractivity contribution in [1.29, 1.82) is 0 Å². The van der Waals surface area contributed by atoms with Crippen molar-refractivity contribution in [2.75, 3.05) is 0 Å². The van der Waals surface area contributed by atoms with E-state index in [1.54, 1.807) is 24.5 Å². The van der Waals surface area contributed by atoms with Gasteiger partial charge in [-0.3, -0.25) is 19.4 Å². The molecule has 0 aliphatic carbocycles. The quantitative estimate of drug-likeness (QED) is 0.443. The molecular formula is C21H17N5O3S. The first kappa shape index (κ1) is 19.5. The van der Waals surface area contributed by atoms with Crippen LogP contribution in [0.3, 0.4) is 0 Å². The van der Waals surface area contributed by atoms with Gasteiger partial charge in [-0.1, -0.05) is 18.2 Å². The average Bonchev–Trinajstić information content (AvgIpc) is 3.41. The van der Waals surface area contributed by atoms with E-state index < -0.39 is 23.6 Å². The van der Waals surface area contributed by atoms with Crippen LogP contribution in [0, 0.1) is 0 Å². The molecule has 1 unspecified atom stereocenters. The Hall–Kier alpha value is -3.85. The SMILES string of the molecule is NC(=O)C(=O)C(Cc1csc2ccccc12)NC(=O)c1ccnn1-c1cccnc1. The first-order valence-electron chi connectivity index (χ1n) is 9.08. The molecule has 0 saturated carbocycles. The third kappa shape index (κ3) is 3.83. The van der Waals surface area contributed by atoms with Crippen molar-refractivity contribution in [3.63, 3.8) is 0 Å². The maximum Gasteiger partial charge on any atom is 0.287 e. The molecule has 2 amide bonds. The minimum atomic E-state index is -1.10. The molecule has 0 aliphatic rings. The molecule has 0 bridgehead atoms. The molecule has 3 heterocycles. The second kappa shape index (κ2) is 8.26. The number of nitrogens with zero attached hydrogens (tertiary/aromatic N) is 3. The molecule has 30 heavy (non-hydrogen) atoms. The van der Waals surface area contributed by atoms with E-state index in [0.717, 1.165) is 15.6 Å². The number of hydrogen-bond acceptors (Lipinski definition) is 6. The van der Waals surface area contributed by atoms with Gasteiger partial charge in [-0.15, -0.1) is 11.3 Å². The molecule has 4 rings (SSSR count). The average molecular weight is 419 g/mol. The fourth-order valence-electron chi connectivity index (χ4n) is 3.18. The monoisotopic (exact) mass is 419 g/mol. The second-order valence-electron chi connectivity index (χ2n) is 6.56. The topological polar surface area (TPSA) is 120 Å². The van der Waals surface area contributed by atoms with Crippen LogP contribution in [0.15, 0.2) is 66.4 Å². The van der Waals surface area contributed by atoms with Crippen LogP contribution in [0.1, 0.15) is 16.1 Å². The number of rotatable bonds is 7. The molecule has 1 atom stereocenters. The highest BCUT2D eigenvalue weighted by molar-refractivity contribution is 7.17. The van der Waals surface area contributed by atoms with E-state index in [1.807, 2.05) is 29.6 Å². The zero-order chi connectivity index (χ0) is 21.1. The van der Waals surface area contributed by atoms with Gasteiger partial charge in [-0.25, -0.2) is 4.68 Å². The molecule has 9 heteroatoms. The van der Waals surface area contributed by atoms with E-state index >= 15 is 0 Å². The van der Waals surface area contributed by atoms with Crippen LogP contribution in [0.25, 0.3) is 15.8 Å². The highest BCUT2D eigenvalue weighted by Crippen LogP contribution is 2.26. The van der Waals surface area contributed by atoms with Gasteiger partial charge in [0.15, 0.2) is 0 Å². The van der Waals surface area contributed by atoms with Crippen molar-refractivity contribution in [3.8, 4) is 5.69 Å². The van der Waals surface area contributed by atoms with Crippen molar-refractivity contribution < 1.29 is 14.4 Å². The summed E-state index contributed by atoms with van der Waals surface area (Å²) in [6.07, 6.45) is 4.80. The largest absolute Gasteiger partial charge is 0.363 e. The molecule has 4 aromatic rings. The lowest BCUT2D eigenvalue weighted by Crippen LogP contribution is -2.47. The van der Waals surface area contributed by atoms with Gasteiger partial charge in [0, 0.05) is 17.3 Å². The Morgan fingerprint density at radius 3 is 2.70 bits per heavy atom. The van der Waals surface area contributed by atoms with Crippen LogP contribution in [0.5, 0.6) is 0 Å². The van der Waals surface area contributed by atoms with Gasteiger partial charge in [0.2, 0.25) is 5.78 Å². The van der Waals surface area contributed by atoms with Crippen LogP contribution in [0.2, 0.25) is 0 Å². The summed E-state index contributed by atoms with van der Waals surface area (Å²) in [5.74, 6) is -2.50. The minimum Gasteiger partial charge on any atom is -0.363 e. The zero-order valence-corrected chi connectivity index (χ0v) is 16.5. The maximum absolute atomic E-state index is 12.9. The molecule has 0 spiro atoms. The van der Waals surface area contributed by atoms with E-state index in [9.17, 15) is 14.4 Å².